The zero-order valence-electron chi connectivity index (χ0n) is 23.4. The van der Waals surface area contributed by atoms with E-state index in [0.29, 0.717) is 32.0 Å². The van der Waals surface area contributed by atoms with Crippen LogP contribution in [0.15, 0.2) is 72.9 Å². The third kappa shape index (κ3) is 6.23. The molecule has 0 atom stereocenters. The molecule has 0 spiro atoms. The largest absolute Gasteiger partial charge is 0.496 e. The van der Waals surface area contributed by atoms with E-state index in [4.69, 9.17) is 19.2 Å². The number of fused-ring (bicyclic) bond motifs is 1. The predicted molar refractivity (Wildman–Crippen MR) is 155 cm³/mol. The Kier molecular flexibility index (Phi) is 7.58. The van der Waals surface area contributed by atoms with Gasteiger partial charge in [-0.1, -0.05) is 51.1 Å². The summed E-state index contributed by atoms with van der Waals surface area (Å²) < 4.78 is 16.6. The Balaban J connectivity index is 1.45. The zero-order chi connectivity index (χ0) is 27.6. The van der Waals surface area contributed by atoms with Crippen LogP contribution in [0.4, 0.5) is 5.82 Å². The number of aromatic nitrogens is 1. The average molecular weight is 525 g/mol. The van der Waals surface area contributed by atoms with Crippen molar-refractivity contribution in [1.82, 2.24) is 4.98 Å². The number of aryl methyl sites for hydroxylation is 1. The number of rotatable bonds is 8. The van der Waals surface area contributed by atoms with Gasteiger partial charge in [0.2, 0.25) is 5.91 Å². The SMILES string of the molecule is COc1ccc(-c2ccc(CN(C(=O)CC(C)(C)C)c3nccc4cc(OC5COC5)ccc34)cc2)cc1C. The summed E-state index contributed by atoms with van der Waals surface area (Å²) in [6.45, 7) is 9.96. The van der Waals surface area contributed by atoms with Crippen LogP contribution in [0.1, 0.15) is 38.3 Å². The molecule has 0 aliphatic carbocycles. The molecule has 0 radical (unpaired) electrons. The van der Waals surface area contributed by atoms with Crippen molar-refractivity contribution in [3.63, 3.8) is 0 Å². The summed E-state index contributed by atoms with van der Waals surface area (Å²) in [4.78, 5) is 20.2. The first-order valence-corrected chi connectivity index (χ1v) is 13.4. The lowest BCUT2D eigenvalue weighted by atomic mass is 9.91. The first-order chi connectivity index (χ1) is 18.7. The number of amides is 1. The highest BCUT2D eigenvalue weighted by Gasteiger charge is 2.25. The summed E-state index contributed by atoms with van der Waals surface area (Å²) in [5.41, 5.74) is 4.22. The average Bonchev–Trinajstić information content (AvgIpc) is 2.88. The van der Waals surface area contributed by atoms with E-state index < -0.39 is 0 Å². The molecule has 2 heterocycles. The lowest BCUT2D eigenvalue weighted by Crippen LogP contribution is -2.38. The maximum absolute atomic E-state index is 13.7. The Hall–Kier alpha value is -3.90. The maximum Gasteiger partial charge on any atom is 0.229 e. The summed E-state index contributed by atoms with van der Waals surface area (Å²) in [6.07, 6.45) is 2.27. The molecule has 1 saturated heterocycles. The van der Waals surface area contributed by atoms with Crippen molar-refractivity contribution in [1.29, 1.82) is 0 Å². The molecule has 6 heteroatoms. The number of pyridine rings is 1. The van der Waals surface area contributed by atoms with Gasteiger partial charge in [0, 0.05) is 18.0 Å². The highest BCUT2D eigenvalue weighted by molar-refractivity contribution is 6.02. The number of hydrogen-bond donors (Lipinski definition) is 0. The number of benzene rings is 3. The van der Waals surface area contributed by atoms with Crippen LogP contribution in [0, 0.1) is 12.3 Å². The van der Waals surface area contributed by atoms with E-state index in [1.54, 1.807) is 13.3 Å². The van der Waals surface area contributed by atoms with Crippen LogP contribution in [-0.2, 0) is 16.1 Å². The first-order valence-electron chi connectivity index (χ1n) is 13.4. The number of carbonyl (C=O) groups excluding carboxylic acids is 1. The van der Waals surface area contributed by atoms with Gasteiger partial charge in [-0.05, 0) is 76.4 Å². The molecule has 39 heavy (non-hydrogen) atoms. The molecule has 6 nitrogen and oxygen atoms in total. The van der Waals surface area contributed by atoms with E-state index in [9.17, 15) is 4.79 Å². The second kappa shape index (κ2) is 11.1. The monoisotopic (exact) mass is 524 g/mol. The molecule has 202 valence electrons. The van der Waals surface area contributed by atoms with Crippen LogP contribution in [0.25, 0.3) is 21.9 Å². The molecule has 0 N–H and O–H groups in total. The molecule has 0 bridgehead atoms. The van der Waals surface area contributed by atoms with Gasteiger partial charge >= 0.3 is 0 Å². The number of methoxy groups -OCH3 is 1. The molecule has 1 fully saturated rings. The molecule has 1 aromatic heterocycles. The van der Waals surface area contributed by atoms with Gasteiger partial charge in [0.1, 0.15) is 23.4 Å². The Labute approximate surface area is 230 Å². The fourth-order valence-electron chi connectivity index (χ4n) is 4.78. The van der Waals surface area contributed by atoms with E-state index in [1.165, 1.54) is 0 Å². The van der Waals surface area contributed by atoms with Crippen molar-refractivity contribution in [2.24, 2.45) is 5.41 Å². The minimum Gasteiger partial charge on any atom is -0.496 e. The number of ether oxygens (including phenoxy) is 3. The lowest BCUT2D eigenvalue weighted by Gasteiger charge is -2.28. The topological polar surface area (TPSA) is 60.9 Å². The molecular weight excluding hydrogens is 488 g/mol. The molecule has 1 aliphatic rings. The van der Waals surface area contributed by atoms with Gasteiger partial charge in [-0.3, -0.25) is 9.69 Å². The van der Waals surface area contributed by atoms with Crippen LogP contribution < -0.4 is 14.4 Å². The third-order valence-corrected chi connectivity index (χ3v) is 6.89. The predicted octanol–water partition coefficient (Wildman–Crippen LogP) is 6.97. The zero-order valence-corrected chi connectivity index (χ0v) is 23.4. The number of hydrogen-bond acceptors (Lipinski definition) is 5. The number of nitrogens with zero attached hydrogens (tertiary/aromatic N) is 2. The second-order valence-corrected chi connectivity index (χ2v) is 11.4. The van der Waals surface area contributed by atoms with E-state index in [0.717, 1.165) is 44.5 Å². The number of carbonyl (C=O) groups is 1. The highest BCUT2D eigenvalue weighted by Crippen LogP contribution is 2.32. The normalized spacial score (nSPS) is 13.7. The van der Waals surface area contributed by atoms with Crippen molar-refractivity contribution in [3.8, 4) is 22.6 Å². The van der Waals surface area contributed by atoms with Crippen molar-refractivity contribution < 1.29 is 19.0 Å². The number of anilines is 1. The molecule has 0 unspecified atom stereocenters. The minimum absolute atomic E-state index is 0.0456. The van der Waals surface area contributed by atoms with Crippen molar-refractivity contribution in [2.75, 3.05) is 25.2 Å². The van der Waals surface area contributed by atoms with E-state index in [2.05, 4.69) is 57.2 Å². The Morgan fingerprint density at radius 1 is 1.00 bits per heavy atom. The summed E-state index contributed by atoms with van der Waals surface area (Å²) in [5, 5.41) is 1.90. The Bertz CT molecular complexity index is 1470. The molecule has 1 amide bonds. The summed E-state index contributed by atoms with van der Waals surface area (Å²) in [6, 6.07) is 22.5. The van der Waals surface area contributed by atoms with Crippen LogP contribution in [-0.4, -0.2) is 37.3 Å². The summed E-state index contributed by atoms with van der Waals surface area (Å²) >= 11 is 0. The van der Waals surface area contributed by atoms with Gasteiger partial charge in [0.05, 0.1) is 26.9 Å². The first kappa shape index (κ1) is 26.7. The molecule has 0 saturated carbocycles. The minimum atomic E-state index is -0.151. The van der Waals surface area contributed by atoms with Crippen LogP contribution >= 0.6 is 0 Å². The van der Waals surface area contributed by atoms with Gasteiger partial charge in [-0.15, -0.1) is 0 Å². The van der Waals surface area contributed by atoms with Gasteiger partial charge in [-0.25, -0.2) is 4.98 Å². The standard InChI is InChI=1S/C33H36N2O4/c1-22-16-25(10-13-30(22)37-5)24-8-6-23(7-9-24)19-35(31(36)18-33(2,3)4)32-29-12-11-27(39-28-20-38-21-28)17-26(29)14-15-34-32/h6-17,28H,18-21H2,1-5H3. The fraction of sp³-hybridized carbons (Fsp3) is 0.333. The summed E-state index contributed by atoms with van der Waals surface area (Å²) in [7, 11) is 1.69. The van der Waals surface area contributed by atoms with Gasteiger partial charge in [0.15, 0.2) is 0 Å². The van der Waals surface area contributed by atoms with Crippen molar-refractivity contribution in [3.05, 3.63) is 84.1 Å². The quantitative estimate of drug-likeness (QED) is 0.249. The maximum atomic E-state index is 13.7. The molecule has 5 rings (SSSR count). The van der Waals surface area contributed by atoms with E-state index in [1.807, 2.05) is 42.2 Å². The van der Waals surface area contributed by atoms with E-state index >= 15 is 0 Å². The van der Waals surface area contributed by atoms with Crippen LogP contribution in [0.3, 0.4) is 0 Å². The lowest BCUT2D eigenvalue weighted by molar-refractivity contribution is -0.120. The second-order valence-electron chi connectivity index (χ2n) is 11.4. The van der Waals surface area contributed by atoms with Gasteiger partial charge in [-0.2, -0.15) is 0 Å². The molecule has 3 aromatic carbocycles. The third-order valence-electron chi connectivity index (χ3n) is 6.89. The van der Waals surface area contributed by atoms with Crippen molar-refractivity contribution >= 4 is 22.5 Å². The van der Waals surface area contributed by atoms with E-state index in [-0.39, 0.29) is 17.4 Å². The Morgan fingerprint density at radius 3 is 2.38 bits per heavy atom. The Morgan fingerprint density at radius 2 is 1.74 bits per heavy atom. The van der Waals surface area contributed by atoms with Gasteiger partial charge in [0.25, 0.3) is 0 Å². The smallest absolute Gasteiger partial charge is 0.229 e. The summed E-state index contributed by atoms with van der Waals surface area (Å²) in [5.74, 6) is 2.38. The van der Waals surface area contributed by atoms with Crippen LogP contribution in [0.2, 0.25) is 0 Å². The fourth-order valence-corrected chi connectivity index (χ4v) is 4.78. The molecule has 1 aliphatic heterocycles. The molecular formula is C33H36N2O4. The van der Waals surface area contributed by atoms with Gasteiger partial charge < -0.3 is 14.2 Å². The van der Waals surface area contributed by atoms with Crippen LogP contribution in [0.5, 0.6) is 11.5 Å². The van der Waals surface area contributed by atoms with Crippen molar-refractivity contribution in [2.45, 2.75) is 46.8 Å². The highest BCUT2D eigenvalue weighted by atomic mass is 16.6. The molecule has 4 aromatic rings.